The highest BCUT2D eigenvalue weighted by Crippen LogP contribution is 2.37. The Morgan fingerprint density at radius 2 is 1.60 bits per heavy atom. The van der Waals surface area contributed by atoms with Gasteiger partial charge in [0.2, 0.25) is 6.79 Å². The summed E-state index contributed by atoms with van der Waals surface area (Å²) in [6.45, 7) is 1.96. The Morgan fingerprint density at radius 1 is 0.867 bits per heavy atom. The quantitative estimate of drug-likeness (QED) is 0.488. The summed E-state index contributed by atoms with van der Waals surface area (Å²) >= 11 is 12.4. The molecule has 3 aromatic carbocycles. The minimum absolute atomic E-state index is 0.275. The third kappa shape index (κ3) is 4.93. The van der Waals surface area contributed by atoms with Crippen LogP contribution in [0.1, 0.15) is 16.7 Å². The summed E-state index contributed by atoms with van der Waals surface area (Å²) in [7, 11) is 1.60. The van der Waals surface area contributed by atoms with Crippen LogP contribution in [0.4, 0.5) is 0 Å². The van der Waals surface area contributed by atoms with Gasteiger partial charge in [-0.2, -0.15) is 0 Å². The Kier molecular flexibility index (Phi) is 6.53. The van der Waals surface area contributed by atoms with E-state index in [4.69, 9.17) is 42.1 Å². The molecule has 0 saturated heterocycles. The zero-order chi connectivity index (χ0) is 20.9. The molecular weight excluding hydrogens is 425 g/mol. The monoisotopic (exact) mass is 445 g/mol. The summed E-state index contributed by atoms with van der Waals surface area (Å²) in [5.41, 5.74) is 3.10. The van der Waals surface area contributed by atoms with Crippen LogP contribution in [0.3, 0.4) is 0 Å². The van der Waals surface area contributed by atoms with Crippen molar-refractivity contribution in [3.05, 3.63) is 81.3 Å². The summed E-state index contributed by atoms with van der Waals surface area (Å²) in [6.07, 6.45) is 0. The van der Waals surface area contributed by atoms with E-state index in [0.717, 1.165) is 28.2 Å². The van der Waals surface area contributed by atoms with Crippen LogP contribution in [0.5, 0.6) is 23.0 Å². The molecule has 0 amide bonds. The summed E-state index contributed by atoms with van der Waals surface area (Å²) in [5.74, 6) is 2.68. The fourth-order valence-corrected chi connectivity index (χ4v) is 3.57. The second-order valence-corrected chi connectivity index (χ2v) is 7.66. The van der Waals surface area contributed by atoms with Crippen molar-refractivity contribution in [1.82, 2.24) is 5.32 Å². The molecule has 0 aromatic heterocycles. The zero-order valence-electron chi connectivity index (χ0n) is 16.4. The van der Waals surface area contributed by atoms with Crippen LogP contribution in [0.2, 0.25) is 10.0 Å². The molecule has 1 N–H and O–H groups in total. The maximum absolute atomic E-state index is 6.48. The number of halogens is 2. The predicted molar refractivity (Wildman–Crippen MR) is 117 cm³/mol. The molecule has 30 heavy (non-hydrogen) atoms. The largest absolute Gasteiger partial charge is 0.493 e. The Balaban J connectivity index is 1.38. The lowest BCUT2D eigenvalue weighted by Crippen LogP contribution is -2.13. The van der Waals surface area contributed by atoms with E-state index in [-0.39, 0.29) is 6.79 Å². The summed E-state index contributed by atoms with van der Waals surface area (Å²) in [4.78, 5) is 0. The number of nitrogens with one attached hydrogen (secondary N) is 1. The van der Waals surface area contributed by atoms with Crippen molar-refractivity contribution in [3.63, 3.8) is 0 Å². The lowest BCUT2D eigenvalue weighted by Gasteiger charge is -2.15. The molecular formula is C23H21Cl2NO4. The minimum Gasteiger partial charge on any atom is -0.493 e. The SMILES string of the molecule is COc1cc(CNCc2ccc3c(c2)OCO3)cc(Cl)c1OCc1ccc(Cl)cc1. The Hall–Kier alpha value is -2.60. The van der Waals surface area contributed by atoms with Crippen molar-refractivity contribution in [2.24, 2.45) is 0 Å². The van der Waals surface area contributed by atoms with E-state index in [0.29, 0.717) is 41.2 Å². The van der Waals surface area contributed by atoms with Gasteiger partial charge in [0.1, 0.15) is 6.61 Å². The van der Waals surface area contributed by atoms with Crippen LogP contribution in [0.15, 0.2) is 54.6 Å². The van der Waals surface area contributed by atoms with Crippen LogP contribution >= 0.6 is 23.2 Å². The topological polar surface area (TPSA) is 49.0 Å². The zero-order valence-corrected chi connectivity index (χ0v) is 17.9. The van der Waals surface area contributed by atoms with Crippen molar-refractivity contribution >= 4 is 23.2 Å². The molecule has 0 aliphatic carbocycles. The second-order valence-electron chi connectivity index (χ2n) is 6.82. The summed E-state index contributed by atoms with van der Waals surface area (Å²) in [6, 6.07) is 17.2. The number of hydrogen-bond donors (Lipinski definition) is 1. The first-order valence-corrected chi connectivity index (χ1v) is 10.2. The second kappa shape index (κ2) is 9.47. The third-order valence-electron chi connectivity index (χ3n) is 4.68. The minimum atomic E-state index is 0.275. The average Bonchev–Trinajstić information content (AvgIpc) is 3.22. The lowest BCUT2D eigenvalue weighted by molar-refractivity contribution is 0.174. The Labute approximate surface area is 185 Å². The van der Waals surface area contributed by atoms with Crippen molar-refractivity contribution < 1.29 is 18.9 Å². The van der Waals surface area contributed by atoms with E-state index < -0.39 is 0 Å². The highest BCUT2D eigenvalue weighted by Gasteiger charge is 2.14. The van der Waals surface area contributed by atoms with Crippen LogP contribution < -0.4 is 24.3 Å². The molecule has 156 valence electrons. The van der Waals surface area contributed by atoms with Crippen molar-refractivity contribution in [1.29, 1.82) is 0 Å². The van der Waals surface area contributed by atoms with Crippen molar-refractivity contribution in [2.75, 3.05) is 13.9 Å². The molecule has 4 rings (SSSR count). The first kappa shape index (κ1) is 20.7. The Morgan fingerprint density at radius 3 is 2.40 bits per heavy atom. The fourth-order valence-electron chi connectivity index (χ4n) is 3.15. The molecule has 1 aliphatic heterocycles. The van der Waals surface area contributed by atoms with Gasteiger partial charge in [0.15, 0.2) is 23.0 Å². The molecule has 1 heterocycles. The van der Waals surface area contributed by atoms with Crippen molar-refractivity contribution in [3.8, 4) is 23.0 Å². The number of hydrogen-bond acceptors (Lipinski definition) is 5. The van der Waals surface area contributed by atoms with Gasteiger partial charge in [-0.25, -0.2) is 0 Å². The lowest BCUT2D eigenvalue weighted by atomic mass is 10.1. The standard InChI is InChI=1S/C23H21Cl2NO4/c1-27-22-10-17(12-26-11-16-4-7-20-21(9-16)30-14-29-20)8-19(25)23(22)28-13-15-2-5-18(24)6-3-15/h2-10,26H,11-14H2,1H3. The number of rotatable bonds is 8. The van der Waals surface area contributed by atoms with Gasteiger partial charge in [-0.1, -0.05) is 41.4 Å². The smallest absolute Gasteiger partial charge is 0.231 e. The van der Waals surface area contributed by atoms with E-state index in [1.807, 2.05) is 54.6 Å². The maximum atomic E-state index is 6.48. The molecule has 0 saturated carbocycles. The van der Waals surface area contributed by atoms with Gasteiger partial charge in [0.25, 0.3) is 0 Å². The molecule has 0 bridgehead atoms. The molecule has 0 fully saturated rings. The van der Waals surface area contributed by atoms with Crippen molar-refractivity contribution in [2.45, 2.75) is 19.7 Å². The van der Waals surface area contributed by atoms with E-state index in [9.17, 15) is 0 Å². The first-order chi connectivity index (χ1) is 14.6. The normalized spacial score (nSPS) is 12.1. The van der Waals surface area contributed by atoms with E-state index in [2.05, 4.69) is 5.32 Å². The van der Waals surface area contributed by atoms with Gasteiger partial charge in [0, 0.05) is 18.1 Å². The molecule has 0 unspecified atom stereocenters. The molecule has 7 heteroatoms. The summed E-state index contributed by atoms with van der Waals surface area (Å²) < 4.78 is 22.2. The molecule has 3 aromatic rings. The molecule has 5 nitrogen and oxygen atoms in total. The van der Waals surface area contributed by atoms with Gasteiger partial charge in [-0.05, 0) is 53.1 Å². The van der Waals surface area contributed by atoms with Crippen LogP contribution in [-0.4, -0.2) is 13.9 Å². The molecule has 0 radical (unpaired) electrons. The number of fused-ring (bicyclic) bond motifs is 1. The highest BCUT2D eigenvalue weighted by molar-refractivity contribution is 6.32. The van der Waals surface area contributed by atoms with E-state index in [1.165, 1.54) is 0 Å². The van der Waals surface area contributed by atoms with Gasteiger partial charge < -0.3 is 24.3 Å². The predicted octanol–water partition coefficient (Wildman–Crippen LogP) is 5.60. The van der Waals surface area contributed by atoms with Gasteiger partial charge in [-0.15, -0.1) is 0 Å². The van der Waals surface area contributed by atoms with E-state index in [1.54, 1.807) is 7.11 Å². The van der Waals surface area contributed by atoms with Crippen LogP contribution in [0.25, 0.3) is 0 Å². The third-order valence-corrected chi connectivity index (χ3v) is 5.21. The van der Waals surface area contributed by atoms with Gasteiger partial charge in [0.05, 0.1) is 12.1 Å². The first-order valence-electron chi connectivity index (χ1n) is 9.45. The molecule has 1 aliphatic rings. The van der Waals surface area contributed by atoms with E-state index >= 15 is 0 Å². The number of methoxy groups -OCH3 is 1. The van der Waals surface area contributed by atoms with Gasteiger partial charge in [-0.3, -0.25) is 0 Å². The maximum Gasteiger partial charge on any atom is 0.231 e. The molecule has 0 atom stereocenters. The number of benzene rings is 3. The van der Waals surface area contributed by atoms with Crippen LogP contribution in [0, 0.1) is 0 Å². The summed E-state index contributed by atoms with van der Waals surface area (Å²) in [5, 5.41) is 4.60. The van der Waals surface area contributed by atoms with Gasteiger partial charge >= 0.3 is 0 Å². The number of ether oxygens (including phenoxy) is 4. The van der Waals surface area contributed by atoms with Crippen LogP contribution in [-0.2, 0) is 19.7 Å². The average molecular weight is 446 g/mol. The molecule has 0 spiro atoms. The Bertz CT molecular complexity index is 1020. The highest BCUT2D eigenvalue weighted by atomic mass is 35.5. The fraction of sp³-hybridized carbons (Fsp3) is 0.217.